The topological polar surface area (TPSA) is 34.9 Å². The lowest BCUT2D eigenvalue weighted by Crippen LogP contribution is -2.20. The fourth-order valence-corrected chi connectivity index (χ4v) is 1.68. The Kier molecular flexibility index (Phi) is 2.21. The Balaban J connectivity index is 3.02. The first kappa shape index (κ1) is 9.49. The molecule has 1 heterocycles. The summed E-state index contributed by atoms with van der Waals surface area (Å²) < 4.78 is 1.43. The van der Waals surface area contributed by atoms with Crippen molar-refractivity contribution in [2.75, 3.05) is 0 Å². The van der Waals surface area contributed by atoms with Crippen LogP contribution in [0.1, 0.15) is 0 Å². The van der Waals surface area contributed by atoms with E-state index in [0.29, 0.717) is 10.4 Å². The largest absolute Gasteiger partial charge is 0.349 e. The minimum Gasteiger partial charge on any atom is -0.295 e. The number of halogens is 2. The second kappa shape index (κ2) is 3.26. The Bertz CT molecular complexity index is 562. The minimum atomic E-state index is -0.371. The number of hydrogen-bond donors (Lipinski definition) is 0. The summed E-state index contributed by atoms with van der Waals surface area (Å²) in [5.74, 6) is 0. The Hall–Kier alpha value is -1.06. The van der Waals surface area contributed by atoms with Gasteiger partial charge in [0.2, 0.25) is 0 Å². The van der Waals surface area contributed by atoms with Crippen molar-refractivity contribution in [1.29, 1.82) is 0 Å². The van der Waals surface area contributed by atoms with Crippen molar-refractivity contribution in [1.82, 2.24) is 9.55 Å². The summed E-state index contributed by atoms with van der Waals surface area (Å²) in [5, 5.41) is 1.44. The number of aryl methyl sites for hydroxylation is 1. The van der Waals surface area contributed by atoms with Crippen LogP contribution in [0.2, 0.25) is 10.2 Å². The summed E-state index contributed by atoms with van der Waals surface area (Å²) in [4.78, 5) is 14.9. The van der Waals surface area contributed by atoms with E-state index in [1.807, 2.05) is 0 Å². The summed E-state index contributed by atoms with van der Waals surface area (Å²) in [6, 6.07) is 5.14. The normalized spacial score (nSPS) is 10.8. The van der Waals surface area contributed by atoms with Crippen LogP contribution in [0.5, 0.6) is 0 Å². The molecule has 0 radical (unpaired) electrons. The van der Waals surface area contributed by atoms with Gasteiger partial charge in [0.1, 0.15) is 5.15 Å². The van der Waals surface area contributed by atoms with E-state index >= 15 is 0 Å². The summed E-state index contributed by atoms with van der Waals surface area (Å²) in [6.45, 7) is 0. The maximum absolute atomic E-state index is 11.3. The lowest BCUT2D eigenvalue weighted by Gasteiger charge is -2.04. The number of rotatable bonds is 0. The molecule has 5 heteroatoms. The monoisotopic (exact) mass is 228 g/mol. The molecular formula is C9H6Cl2N2O. The van der Waals surface area contributed by atoms with Crippen molar-refractivity contribution in [3.8, 4) is 0 Å². The minimum absolute atomic E-state index is 0.186. The third kappa shape index (κ3) is 1.38. The number of nitrogens with zero attached hydrogens (tertiary/aromatic N) is 2. The molecule has 2 rings (SSSR count). The first-order valence-electron chi connectivity index (χ1n) is 3.91. The van der Waals surface area contributed by atoms with Gasteiger partial charge < -0.3 is 0 Å². The first-order valence-corrected chi connectivity index (χ1v) is 4.67. The average molecular weight is 229 g/mol. The molecule has 0 spiro atoms. The van der Waals surface area contributed by atoms with Gasteiger partial charge >= 0.3 is 5.69 Å². The lowest BCUT2D eigenvalue weighted by atomic mass is 10.2. The maximum Gasteiger partial charge on any atom is 0.349 e. The molecule has 0 aliphatic carbocycles. The van der Waals surface area contributed by atoms with Crippen molar-refractivity contribution in [2.45, 2.75) is 0 Å². The molecule has 0 bridgehead atoms. The molecule has 0 amide bonds. The molecular weight excluding hydrogens is 223 g/mol. The molecule has 0 fully saturated rings. The van der Waals surface area contributed by atoms with Gasteiger partial charge in [-0.2, -0.15) is 4.98 Å². The number of aromatic nitrogens is 2. The molecule has 0 saturated heterocycles. The van der Waals surface area contributed by atoms with E-state index in [1.54, 1.807) is 25.2 Å². The molecule has 1 aromatic heterocycles. The summed E-state index contributed by atoms with van der Waals surface area (Å²) in [7, 11) is 1.64. The molecule has 0 N–H and O–H groups in total. The highest BCUT2D eigenvalue weighted by atomic mass is 35.5. The van der Waals surface area contributed by atoms with E-state index in [-0.39, 0.29) is 10.8 Å². The van der Waals surface area contributed by atoms with E-state index in [1.165, 1.54) is 4.57 Å². The highest BCUT2D eigenvalue weighted by Gasteiger charge is 2.06. The van der Waals surface area contributed by atoms with E-state index in [0.717, 1.165) is 5.52 Å². The molecule has 0 atom stereocenters. The zero-order valence-corrected chi connectivity index (χ0v) is 8.80. The molecule has 14 heavy (non-hydrogen) atoms. The highest BCUT2D eigenvalue weighted by molar-refractivity contribution is 6.35. The van der Waals surface area contributed by atoms with Gasteiger partial charge in [0, 0.05) is 17.5 Å². The van der Waals surface area contributed by atoms with Gasteiger partial charge in [0.15, 0.2) is 0 Å². The predicted molar refractivity (Wildman–Crippen MR) is 57.0 cm³/mol. The van der Waals surface area contributed by atoms with Crippen molar-refractivity contribution in [3.63, 3.8) is 0 Å². The molecule has 0 aliphatic heterocycles. The van der Waals surface area contributed by atoms with Gasteiger partial charge in [-0.15, -0.1) is 0 Å². The van der Waals surface area contributed by atoms with Crippen LogP contribution in [0.15, 0.2) is 23.0 Å². The molecule has 0 unspecified atom stereocenters. The zero-order valence-electron chi connectivity index (χ0n) is 7.29. The fraction of sp³-hybridized carbons (Fsp3) is 0.111. The number of benzene rings is 1. The molecule has 72 valence electrons. The molecule has 2 aromatic rings. The Labute approximate surface area is 89.9 Å². The van der Waals surface area contributed by atoms with Crippen molar-refractivity contribution < 1.29 is 0 Å². The van der Waals surface area contributed by atoms with Gasteiger partial charge in [0.25, 0.3) is 0 Å². The summed E-state index contributed by atoms with van der Waals surface area (Å²) in [6.07, 6.45) is 0. The average Bonchev–Trinajstić information content (AvgIpc) is 2.14. The maximum atomic E-state index is 11.3. The Morgan fingerprint density at radius 3 is 2.79 bits per heavy atom. The van der Waals surface area contributed by atoms with Crippen LogP contribution in [0.4, 0.5) is 0 Å². The van der Waals surface area contributed by atoms with Crippen LogP contribution < -0.4 is 5.69 Å². The standard InChI is InChI=1S/C9H6Cl2N2O/c1-13-7-3-2-5(10)4-6(7)8(11)12-9(13)14/h2-4H,1H3. The molecule has 1 aromatic carbocycles. The van der Waals surface area contributed by atoms with Crippen molar-refractivity contribution in [3.05, 3.63) is 38.9 Å². The van der Waals surface area contributed by atoms with Gasteiger partial charge in [0.05, 0.1) is 5.52 Å². The van der Waals surface area contributed by atoms with Gasteiger partial charge in [-0.25, -0.2) is 4.79 Å². The Morgan fingerprint density at radius 1 is 1.36 bits per heavy atom. The molecule has 0 aliphatic rings. The summed E-state index contributed by atoms with van der Waals surface area (Å²) >= 11 is 11.6. The van der Waals surface area contributed by atoms with Crippen LogP contribution in [0.25, 0.3) is 10.9 Å². The van der Waals surface area contributed by atoms with Crippen LogP contribution in [0, 0.1) is 0 Å². The van der Waals surface area contributed by atoms with Crippen molar-refractivity contribution >= 4 is 34.1 Å². The second-order valence-corrected chi connectivity index (χ2v) is 3.70. The van der Waals surface area contributed by atoms with E-state index in [9.17, 15) is 4.79 Å². The van der Waals surface area contributed by atoms with E-state index in [4.69, 9.17) is 23.2 Å². The van der Waals surface area contributed by atoms with E-state index < -0.39 is 0 Å². The quantitative estimate of drug-likeness (QED) is 0.649. The molecule has 3 nitrogen and oxygen atoms in total. The fourth-order valence-electron chi connectivity index (χ4n) is 1.29. The van der Waals surface area contributed by atoms with Crippen LogP contribution in [-0.4, -0.2) is 9.55 Å². The highest BCUT2D eigenvalue weighted by Crippen LogP contribution is 2.22. The van der Waals surface area contributed by atoms with Gasteiger partial charge in [-0.3, -0.25) is 4.57 Å². The van der Waals surface area contributed by atoms with Gasteiger partial charge in [-0.1, -0.05) is 23.2 Å². The van der Waals surface area contributed by atoms with Crippen LogP contribution in [-0.2, 0) is 7.05 Å². The van der Waals surface area contributed by atoms with E-state index in [2.05, 4.69) is 4.98 Å². The van der Waals surface area contributed by atoms with Crippen LogP contribution in [0.3, 0.4) is 0 Å². The first-order chi connectivity index (χ1) is 6.59. The lowest BCUT2D eigenvalue weighted by molar-refractivity contribution is 0.853. The smallest absolute Gasteiger partial charge is 0.295 e. The van der Waals surface area contributed by atoms with Crippen LogP contribution >= 0.6 is 23.2 Å². The third-order valence-corrected chi connectivity index (χ3v) is 2.55. The Morgan fingerprint density at radius 2 is 2.07 bits per heavy atom. The predicted octanol–water partition coefficient (Wildman–Crippen LogP) is 2.24. The SMILES string of the molecule is Cn1c(=O)nc(Cl)c2cc(Cl)ccc21. The summed E-state index contributed by atoms with van der Waals surface area (Å²) in [5.41, 5.74) is 0.351. The number of hydrogen-bond acceptors (Lipinski definition) is 2. The molecule has 0 saturated carbocycles. The third-order valence-electron chi connectivity index (χ3n) is 2.02. The van der Waals surface area contributed by atoms with Crippen molar-refractivity contribution in [2.24, 2.45) is 7.05 Å². The van der Waals surface area contributed by atoms with Gasteiger partial charge in [-0.05, 0) is 18.2 Å². The second-order valence-electron chi connectivity index (χ2n) is 2.91. The zero-order chi connectivity index (χ0) is 10.3. The number of fused-ring (bicyclic) bond motifs is 1.